The Morgan fingerprint density at radius 1 is 0.769 bits per heavy atom. The molecule has 1 saturated heterocycles. The molecule has 0 atom stereocenters. The van der Waals surface area contributed by atoms with Crippen molar-refractivity contribution in [1.82, 2.24) is 14.7 Å². The summed E-state index contributed by atoms with van der Waals surface area (Å²) >= 11 is 0. The number of hydrogen-bond acceptors (Lipinski definition) is 6. The van der Waals surface area contributed by atoms with Crippen molar-refractivity contribution in [2.45, 2.75) is 13.1 Å². The Morgan fingerprint density at radius 3 is 1.85 bits per heavy atom. The predicted octanol–water partition coefficient (Wildman–Crippen LogP) is 3.23. The average Bonchev–Trinajstić information content (AvgIpc) is 2.98. The lowest BCUT2D eigenvalue weighted by Gasteiger charge is -2.35. The first-order valence-electron chi connectivity index (χ1n) is 12.6. The number of hydrogen-bond donors (Lipinski definition) is 0. The Morgan fingerprint density at radius 2 is 1.33 bits per heavy atom. The van der Waals surface area contributed by atoms with Gasteiger partial charge in [-0.2, -0.15) is 0 Å². The Labute approximate surface area is 228 Å². The fourth-order valence-corrected chi connectivity index (χ4v) is 4.39. The first-order valence-corrected chi connectivity index (χ1v) is 12.6. The zero-order valence-corrected chi connectivity index (χ0v) is 22.5. The second kappa shape index (κ2) is 12.8. The van der Waals surface area contributed by atoms with Crippen LogP contribution in [0.1, 0.15) is 21.5 Å². The summed E-state index contributed by atoms with van der Waals surface area (Å²) in [5.41, 5.74) is 2.34. The van der Waals surface area contributed by atoms with Gasteiger partial charge in [0.2, 0.25) is 11.8 Å². The number of carbonyl (C=O) groups is 3. The van der Waals surface area contributed by atoms with Crippen LogP contribution >= 0.6 is 0 Å². The minimum atomic E-state index is -0.264. The maximum atomic E-state index is 13.5. The first kappa shape index (κ1) is 27.5. The van der Waals surface area contributed by atoms with Crippen LogP contribution in [0.4, 0.5) is 0 Å². The van der Waals surface area contributed by atoms with E-state index in [0.717, 1.165) is 22.6 Å². The minimum absolute atomic E-state index is 0.0632. The van der Waals surface area contributed by atoms with Gasteiger partial charge < -0.3 is 28.9 Å². The second-order valence-electron chi connectivity index (χ2n) is 9.22. The average molecular weight is 532 g/mol. The van der Waals surface area contributed by atoms with Crippen molar-refractivity contribution in [3.8, 4) is 17.2 Å². The molecular formula is C30H33N3O6. The molecular weight excluding hydrogens is 498 g/mol. The van der Waals surface area contributed by atoms with E-state index in [2.05, 4.69) is 0 Å². The Hall–Kier alpha value is -4.53. The van der Waals surface area contributed by atoms with E-state index >= 15 is 0 Å². The molecule has 0 saturated carbocycles. The summed E-state index contributed by atoms with van der Waals surface area (Å²) in [6, 6.07) is 21.9. The van der Waals surface area contributed by atoms with E-state index in [0.29, 0.717) is 30.9 Å². The van der Waals surface area contributed by atoms with E-state index in [-0.39, 0.29) is 37.4 Å². The summed E-state index contributed by atoms with van der Waals surface area (Å²) < 4.78 is 15.7. The van der Waals surface area contributed by atoms with Crippen LogP contribution < -0.4 is 14.2 Å². The van der Waals surface area contributed by atoms with Crippen molar-refractivity contribution in [3.05, 3.63) is 89.5 Å². The van der Waals surface area contributed by atoms with Crippen molar-refractivity contribution in [2.24, 2.45) is 0 Å². The van der Waals surface area contributed by atoms with Gasteiger partial charge in [0, 0.05) is 31.7 Å². The second-order valence-corrected chi connectivity index (χ2v) is 9.22. The lowest BCUT2D eigenvalue weighted by atomic mass is 10.1. The lowest BCUT2D eigenvalue weighted by molar-refractivity contribution is -0.143. The number of methoxy groups -OCH3 is 3. The smallest absolute Gasteiger partial charge is 0.254 e. The highest BCUT2D eigenvalue weighted by molar-refractivity contribution is 5.97. The van der Waals surface area contributed by atoms with Crippen molar-refractivity contribution in [3.63, 3.8) is 0 Å². The molecule has 9 heteroatoms. The van der Waals surface area contributed by atoms with Crippen LogP contribution in [0.3, 0.4) is 0 Å². The summed E-state index contributed by atoms with van der Waals surface area (Å²) in [5.74, 6) is 1.36. The van der Waals surface area contributed by atoms with Gasteiger partial charge in [-0.3, -0.25) is 14.4 Å². The number of ether oxygens (including phenoxy) is 3. The molecule has 3 aromatic carbocycles. The van der Waals surface area contributed by atoms with Crippen molar-refractivity contribution in [1.29, 1.82) is 0 Å². The monoisotopic (exact) mass is 531 g/mol. The van der Waals surface area contributed by atoms with Gasteiger partial charge in [-0.1, -0.05) is 30.3 Å². The largest absolute Gasteiger partial charge is 0.497 e. The topological polar surface area (TPSA) is 88.6 Å². The summed E-state index contributed by atoms with van der Waals surface area (Å²) in [6.45, 7) is 1.21. The maximum absolute atomic E-state index is 13.5. The number of nitrogens with zero attached hydrogens (tertiary/aromatic N) is 3. The van der Waals surface area contributed by atoms with Crippen LogP contribution in [-0.4, -0.2) is 79.9 Å². The molecule has 1 heterocycles. The zero-order valence-electron chi connectivity index (χ0n) is 22.5. The SMILES string of the molecule is COc1ccc(CN(Cc2ccc(OC)cc2)C(=O)CN2CCN(C(=O)c3cccc(OC)c3)CC2=O)cc1. The summed E-state index contributed by atoms with van der Waals surface area (Å²) in [7, 11) is 4.75. The number of benzene rings is 3. The van der Waals surface area contributed by atoms with E-state index in [1.807, 2.05) is 48.5 Å². The molecule has 0 spiro atoms. The van der Waals surface area contributed by atoms with Gasteiger partial charge in [-0.05, 0) is 53.6 Å². The van der Waals surface area contributed by atoms with Gasteiger partial charge in [0.05, 0.1) is 27.9 Å². The number of piperazine rings is 1. The van der Waals surface area contributed by atoms with E-state index in [1.54, 1.807) is 43.4 Å². The zero-order chi connectivity index (χ0) is 27.8. The molecule has 4 rings (SSSR count). The van der Waals surface area contributed by atoms with Crippen LogP contribution in [-0.2, 0) is 22.7 Å². The number of rotatable bonds is 10. The molecule has 1 fully saturated rings. The molecule has 1 aliphatic heterocycles. The normalized spacial score (nSPS) is 13.2. The molecule has 3 amide bonds. The van der Waals surface area contributed by atoms with Gasteiger partial charge in [-0.15, -0.1) is 0 Å². The molecule has 0 aromatic heterocycles. The fraction of sp³-hybridized carbons (Fsp3) is 0.300. The van der Waals surface area contributed by atoms with Crippen LogP contribution in [0, 0.1) is 0 Å². The third-order valence-electron chi connectivity index (χ3n) is 6.67. The van der Waals surface area contributed by atoms with Crippen molar-refractivity contribution >= 4 is 17.7 Å². The molecule has 204 valence electrons. The number of carbonyl (C=O) groups excluding carboxylic acids is 3. The van der Waals surface area contributed by atoms with Gasteiger partial charge in [0.1, 0.15) is 23.8 Å². The third kappa shape index (κ3) is 7.07. The predicted molar refractivity (Wildman–Crippen MR) is 146 cm³/mol. The Bertz CT molecular complexity index is 1240. The van der Waals surface area contributed by atoms with Crippen molar-refractivity contribution in [2.75, 3.05) is 47.5 Å². The summed E-state index contributed by atoms with van der Waals surface area (Å²) in [5, 5.41) is 0. The highest BCUT2D eigenvalue weighted by Crippen LogP contribution is 2.19. The van der Waals surface area contributed by atoms with Crippen LogP contribution in [0.2, 0.25) is 0 Å². The highest BCUT2D eigenvalue weighted by atomic mass is 16.5. The Balaban J connectivity index is 1.43. The molecule has 0 N–H and O–H groups in total. The molecule has 39 heavy (non-hydrogen) atoms. The Kier molecular flexibility index (Phi) is 9.04. The van der Waals surface area contributed by atoms with Gasteiger partial charge >= 0.3 is 0 Å². The minimum Gasteiger partial charge on any atom is -0.497 e. The fourth-order valence-electron chi connectivity index (χ4n) is 4.39. The van der Waals surface area contributed by atoms with E-state index in [9.17, 15) is 14.4 Å². The van der Waals surface area contributed by atoms with Crippen molar-refractivity contribution < 1.29 is 28.6 Å². The third-order valence-corrected chi connectivity index (χ3v) is 6.67. The van der Waals surface area contributed by atoms with Gasteiger partial charge in [-0.25, -0.2) is 0 Å². The van der Waals surface area contributed by atoms with Gasteiger partial charge in [0.15, 0.2) is 0 Å². The molecule has 0 bridgehead atoms. The summed E-state index contributed by atoms with van der Waals surface area (Å²) in [4.78, 5) is 44.2. The molecule has 3 aromatic rings. The van der Waals surface area contributed by atoms with E-state index in [4.69, 9.17) is 14.2 Å². The van der Waals surface area contributed by atoms with Crippen LogP contribution in [0.15, 0.2) is 72.8 Å². The first-order chi connectivity index (χ1) is 18.9. The standard InChI is InChI=1S/C30H33N3O6/c1-37-25-11-7-22(8-12-25)18-33(19-23-9-13-26(38-2)14-10-23)29(35)20-31-15-16-32(21-28(31)34)30(36)24-5-4-6-27(17-24)39-3/h4-14,17H,15-16,18-21H2,1-3H3. The quantitative estimate of drug-likeness (QED) is 0.399. The van der Waals surface area contributed by atoms with Crippen LogP contribution in [0.5, 0.6) is 17.2 Å². The molecule has 9 nitrogen and oxygen atoms in total. The summed E-state index contributed by atoms with van der Waals surface area (Å²) in [6.07, 6.45) is 0. The van der Waals surface area contributed by atoms with E-state index < -0.39 is 0 Å². The molecule has 0 radical (unpaired) electrons. The highest BCUT2D eigenvalue weighted by Gasteiger charge is 2.30. The van der Waals surface area contributed by atoms with Crippen LogP contribution in [0.25, 0.3) is 0 Å². The molecule has 0 aliphatic carbocycles. The maximum Gasteiger partial charge on any atom is 0.254 e. The van der Waals surface area contributed by atoms with Gasteiger partial charge in [0.25, 0.3) is 5.91 Å². The molecule has 1 aliphatic rings. The molecule has 0 unspecified atom stereocenters. The lowest BCUT2D eigenvalue weighted by Crippen LogP contribution is -2.54. The van der Waals surface area contributed by atoms with E-state index in [1.165, 1.54) is 16.9 Å². The number of amides is 3.